The Morgan fingerprint density at radius 2 is 0.692 bits per heavy atom. The van der Waals surface area contributed by atoms with Crippen LogP contribution in [0.15, 0.2) is 0 Å². The third-order valence-electron chi connectivity index (χ3n) is 11.5. The highest BCUT2D eigenvalue weighted by molar-refractivity contribution is 4.69. The largest absolute Gasteiger partial charge is 0.381 e. The van der Waals surface area contributed by atoms with Crippen molar-refractivity contribution in [2.24, 2.45) is 47.3 Å². The summed E-state index contributed by atoms with van der Waals surface area (Å²) in [6, 6.07) is 0.689. The molecule has 6 saturated heterocycles. The summed E-state index contributed by atoms with van der Waals surface area (Å²) >= 11 is 0. The van der Waals surface area contributed by atoms with Gasteiger partial charge in [0, 0.05) is 78.6 Å². The summed E-state index contributed by atoms with van der Waals surface area (Å²) in [6.07, 6.45) is 13.5. The summed E-state index contributed by atoms with van der Waals surface area (Å²) in [6.45, 7) is 65.8. The minimum atomic E-state index is 0.565. The van der Waals surface area contributed by atoms with Crippen LogP contribution in [0.4, 0.5) is 0 Å². The van der Waals surface area contributed by atoms with Crippen molar-refractivity contribution in [2.75, 3.05) is 85.8 Å². The van der Waals surface area contributed by atoms with Crippen molar-refractivity contribution in [1.29, 1.82) is 0 Å². The van der Waals surface area contributed by atoms with Crippen LogP contribution in [-0.2, 0) is 28.4 Å². The van der Waals surface area contributed by atoms with Gasteiger partial charge in [-0.1, -0.05) is 159 Å². The Bertz CT molecular complexity index is 654. The van der Waals surface area contributed by atoms with Gasteiger partial charge >= 0.3 is 0 Å². The zero-order valence-corrected chi connectivity index (χ0v) is 49.9. The van der Waals surface area contributed by atoms with Crippen LogP contribution in [0, 0.1) is 47.3 Å². The number of nitrogens with zero attached hydrogens (tertiary/aromatic N) is 1. The maximum atomic E-state index is 5.41. The van der Waals surface area contributed by atoms with Crippen LogP contribution < -0.4 is 0 Å². The first-order valence-electron chi connectivity index (χ1n) is 28.7. The van der Waals surface area contributed by atoms with Gasteiger partial charge in [0.25, 0.3) is 0 Å². The lowest BCUT2D eigenvalue weighted by atomic mass is 9.89. The molecule has 0 aromatic rings. The standard InChI is InChI=1S/2C8H16O.C7H15NO.3C7H14O.7C2H6/c1-7(2)8-3-5-9-6-4-8;1-7(2)8-4-3-5-9-6-8;1-7(2)8-3-5-9-6-4-8;1-6(2)7-3-4-8-5-7;1-6(2)7-4-3-5-8-7;1-7-3-2-5-8-6-4-7;7*1-2/h2*7-8H,3-6H2,1-2H3;7H,3-6H2,1-2H3;2*6-7H,3-5H2,1-2H3;7H,2-6H2,1H3;7*1-2H3. The Balaban J connectivity index is -0.000000118. The average Bonchev–Trinajstić information content (AvgIpc) is 4.09. The van der Waals surface area contributed by atoms with Gasteiger partial charge < -0.3 is 28.4 Å². The van der Waals surface area contributed by atoms with Gasteiger partial charge in [0.2, 0.25) is 0 Å². The second-order valence-corrected chi connectivity index (χ2v) is 17.5. The predicted molar refractivity (Wildman–Crippen MR) is 295 cm³/mol. The first kappa shape index (κ1) is 78.9. The minimum Gasteiger partial charge on any atom is -0.381 e. The Morgan fingerprint density at radius 3 is 1.00 bits per heavy atom. The molecule has 4 atom stereocenters. The molecule has 0 N–H and O–H groups in total. The third-order valence-corrected chi connectivity index (χ3v) is 11.5. The lowest BCUT2D eigenvalue weighted by Gasteiger charge is -2.29. The fraction of sp³-hybridized carbons (Fsp3) is 1.00. The van der Waals surface area contributed by atoms with Crippen LogP contribution in [-0.4, -0.2) is 103 Å². The highest BCUT2D eigenvalue weighted by Gasteiger charge is 2.20. The molecule has 6 fully saturated rings. The Morgan fingerprint density at radius 1 is 0.338 bits per heavy atom. The quantitative estimate of drug-likeness (QED) is 0.272. The fourth-order valence-corrected chi connectivity index (χ4v) is 7.04. The van der Waals surface area contributed by atoms with E-state index in [0.717, 1.165) is 133 Å². The van der Waals surface area contributed by atoms with Crippen LogP contribution in [0.2, 0.25) is 0 Å². The molecule has 404 valence electrons. The van der Waals surface area contributed by atoms with Gasteiger partial charge in [-0.3, -0.25) is 4.90 Å². The number of hydrogen-bond acceptors (Lipinski definition) is 7. The van der Waals surface area contributed by atoms with Crippen LogP contribution >= 0.6 is 0 Å². The Labute approximate surface area is 414 Å². The number of rotatable bonds is 5. The van der Waals surface area contributed by atoms with Gasteiger partial charge in [0.15, 0.2) is 0 Å². The molecule has 6 rings (SSSR count). The normalized spacial score (nSPS) is 22.2. The van der Waals surface area contributed by atoms with Crippen molar-refractivity contribution in [2.45, 2.75) is 249 Å². The molecule has 0 aromatic heterocycles. The van der Waals surface area contributed by atoms with E-state index in [1.807, 2.05) is 96.9 Å². The monoisotopic (exact) mass is 938 g/mol. The Hall–Kier alpha value is -0.280. The maximum Gasteiger partial charge on any atom is 0.0598 e. The molecule has 7 nitrogen and oxygen atoms in total. The van der Waals surface area contributed by atoms with Crippen LogP contribution in [0.5, 0.6) is 0 Å². The summed E-state index contributed by atoms with van der Waals surface area (Å²) in [5.74, 6) is 6.71. The van der Waals surface area contributed by atoms with E-state index in [4.69, 9.17) is 28.4 Å². The van der Waals surface area contributed by atoms with Gasteiger partial charge in [-0.05, 0) is 125 Å². The molecule has 0 amide bonds. The zero-order chi connectivity index (χ0) is 51.9. The summed E-state index contributed by atoms with van der Waals surface area (Å²) in [7, 11) is 0. The highest BCUT2D eigenvalue weighted by Crippen LogP contribution is 2.23. The molecule has 0 saturated carbocycles. The summed E-state index contributed by atoms with van der Waals surface area (Å²) in [5, 5.41) is 0. The summed E-state index contributed by atoms with van der Waals surface area (Å²) in [5.41, 5.74) is 0. The predicted octanol–water partition coefficient (Wildman–Crippen LogP) is 17.4. The summed E-state index contributed by atoms with van der Waals surface area (Å²) < 4.78 is 31.7. The van der Waals surface area contributed by atoms with E-state index in [9.17, 15) is 0 Å². The van der Waals surface area contributed by atoms with Gasteiger partial charge in [-0.25, -0.2) is 0 Å². The van der Waals surface area contributed by atoms with Crippen molar-refractivity contribution in [3.63, 3.8) is 0 Å². The smallest absolute Gasteiger partial charge is 0.0598 e. The maximum absolute atomic E-state index is 5.41. The molecule has 0 aromatic carbocycles. The number of ether oxygens (including phenoxy) is 6. The van der Waals surface area contributed by atoms with Crippen molar-refractivity contribution in [3.05, 3.63) is 0 Å². The highest BCUT2D eigenvalue weighted by atomic mass is 16.5. The number of morpholine rings is 1. The molecule has 6 aliphatic heterocycles. The van der Waals surface area contributed by atoms with E-state index in [-0.39, 0.29) is 0 Å². The van der Waals surface area contributed by atoms with Crippen molar-refractivity contribution in [3.8, 4) is 0 Å². The first-order valence-corrected chi connectivity index (χ1v) is 28.7. The molecular formula is C58H131NO6. The zero-order valence-electron chi connectivity index (χ0n) is 49.9. The van der Waals surface area contributed by atoms with E-state index in [1.165, 1.54) is 64.2 Å². The molecule has 0 bridgehead atoms. The summed E-state index contributed by atoms with van der Waals surface area (Å²) in [4.78, 5) is 2.43. The minimum absolute atomic E-state index is 0.565. The van der Waals surface area contributed by atoms with Crippen molar-refractivity contribution < 1.29 is 28.4 Å². The van der Waals surface area contributed by atoms with E-state index >= 15 is 0 Å². The Kier molecular flexibility index (Phi) is 79.8. The molecule has 7 heteroatoms. The van der Waals surface area contributed by atoms with Crippen LogP contribution in [0.3, 0.4) is 0 Å². The molecule has 0 spiro atoms. The lowest BCUT2D eigenvalue weighted by Crippen LogP contribution is -2.40. The van der Waals surface area contributed by atoms with Crippen molar-refractivity contribution >= 4 is 0 Å². The molecular weight excluding hydrogens is 807 g/mol. The molecule has 0 aliphatic carbocycles. The molecule has 65 heavy (non-hydrogen) atoms. The SMILES string of the molecule is CC.CC.CC.CC.CC.CC.CC.CC(C)C1CCCO1.CC(C)C1CCCOC1.CC(C)C1CCOC1.CC(C)C1CCOCC1.CC(C)N1CCOCC1.CC1CCCOCC1. The van der Waals surface area contributed by atoms with Crippen LogP contribution in [0.25, 0.3) is 0 Å². The van der Waals surface area contributed by atoms with Gasteiger partial charge in [-0.2, -0.15) is 0 Å². The lowest BCUT2D eigenvalue weighted by molar-refractivity contribution is 0.0238. The van der Waals surface area contributed by atoms with Crippen LogP contribution in [0.1, 0.15) is 237 Å². The van der Waals surface area contributed by atoms with E-state index in [2.05, 4.69) is 81.1 Å². The molecule has 4 unspecified atom stereocenters. The first-order chi connectivity index (χ1) is 31.4. The average molecular weight is 939 g/mol. The van der Waals surface area contributed by atoms with E-state index in [1.54, 1.807) is 0 Å². The van der Waals surface area contributed by atoms with E-state index in [0.29, 0.717) is 12.1 Å². The van der Waals surface area contributed by atoms with E-state index < -0.39 is 0 Å². The van der Waals surface area contributed by atoms with Crippen molar-refractivity contribution in [1.82, 2.24) is 4.90 Å². The fourth-order valence-electron chi connectivity index (χ4n) is 7.04. The molecule has 6 aliphatic rings. The third kappa shape index (κ3) is 54.5. The second kappa shape index (κ2) is 65.8. The van der Waals surface area contributed by atoms with Gasteiger partial charge in [-0.15, -0.1) is 0 Å². The molecule has 0 radical (unpaired) electrons. The number of hydrogen-bond donors (Lipinski definition) is 0. The van der Waals surface area contributed by atoms with Gasteiger partial charge in [0.05, 0.1) is 19.3 Å². The topological polar surface area (TPSA) is 58.6 Å². The van der Waals surface area contributed by atoms with Gasteiger partial charge in [0.1, 0.15) is 0 Å². The molecule has 6 heterocycles. The second-order valence-electron chi connectivity index (χ2n) is 17.5.